The molecule has 0 spiro atoms. The summed E-state index contributed by atoms with van der Waals surface area (Å²) >= 11 is 3.37. The molecule has 4 nitrogen and oxygen atoms in total. The fraction of sp³-hybridized carbons (Fsp3) is 0.429. The zero-order valence-electron chi connectivity index (χ0n) is 10.9. The highest BCUT2D eigenvalue weighted by molar-refractivity contribution is 9.10. The number of hydrogen-bond donors (Lipinski definition) is 2. The van der Waals surface area contributed by atoms with Gasteiger partial charge in [-0.05, 0) is 18.1 Å². The van der Waals surface area contributed by atoms with Gasteiger partial charge in [-0.2, -0.15) is 0 Å². The summed E-state index contributed by atoms with van der Waals surface area (Å²) in [6, 6.07) is 6.61. The summed E-state index contributed by atoms with van der Waals surface area (Å²) < 4.78 is 0.852. The van der Waals surface area contributed by atoms with Gasteiger partial charge in [-0.1, -0.05) is 53.9 Å². The quantitative estimate of drug-likeness (QED) is 0.809. The smallest absolute Gasteiger partial charge is 0.326 e. The van der Waals surface area contributed by atoms with Crippen molar-refractivity contribution >= 4 is 27.8 Å². The van der Waals surface area contributed by atoms with Crippen molar-refractivity contribution in [3.63, 3.8) is 0 Å². The molecule has 0 fully saturated rings. The fourth-order valence-electron chi connectivity index (χ4n) is 1.73. The lowest BCUT2D eigenvalue weighted by Gasteiger charge is -2.14. The predicted octanol–water partition coefficient (Wildman–Crippen LogP) is 2.75. The molecule has 0 radical (unpaired) electrons. The van der Waals surface area contributed by atoms with Crippen LogP contribution in [-0.4, -0.2) is 23.0 Å². The Morgan fingerprint density at radius 3 is 2.63 bits per heavy atom. The van der Waals surface area contributed by atoms with Gasteiger partial charge in [0, 0.05) is 4.47 Å². The van der Waals surface area contributed by atoms with E-state index in [9.17, 15) is 9.59 Å². The lowest BCUT2D eigenvalue weighted by Crippen LogP contribution is -2.41. The molecule has 0 aliphatic rings. The molecule has 0 saturated heterocycles. The number of nitrogens with one attached hydrogen (secondary N) is 1. The summed E-state index contributed by atoms with van der Waals surface area (Å²) in [6.45, 7) is 1.99. The van der Waals surface area contributed by atoms with Crippen molar-refractivity contribution in [1.82, 2.24) is 5.32 Å². The van der Waals surface area contributed by atoms with Gasteiger partial charge < -0.3 is 10.4 Å². The maximum atomic E-state index is 11.8. The Balaban J connectivity index is 2.58. The highest BCUT2D eigenvalue weighted by atomic mass is 79.9. The fourth-order valence-corrected chi connectivity index (χ4v) is 2.15. The lowest BCUT2D eigenvalue weighted by molar-refractivity contribution is -0.142. The van der Waals surface area contributed by atoms with E-state index in [1.54, 1.807) is 0 Å². The Hall–Kier alpha value is -1.36. The molecular weight excluding hydrogens is 310 g/mol. The molecule has 1 amide bonds. The summed E-state index contributed by atoms with van der Waals surface area (Å²) in [5.41, 5.74) is 0.847. The van der Waals surface area contributed by atoms with Crippen LogP contribution in [0.2, 0.25) is 0 Å². The number of hydrogen-bond acceptors (Lipinski definition) is 2. The van der Waals surface area contributed by atoms with Crippen LogP contribution in [0.15, 0.2) is 28.7 Å². The molecule has 0 unspecified atom stereocenters. The molecule has 104 valence electrons. The standard InChI is InChI=1S/C14H18BrNO3/c1-2-3-8-12(14(18)19)16-13(17)9-10-6-4-5-7-11(10)15/h4-7,12H,2-3,8-9H2,1H3,(H,16,17)(H,18,19)/t12-/m0/s1. The van der Waals surface area contributed by atoms with Gasteiger partial charge in [-0.25, -0.2) is 4.79 Å². The number of carbonyl (C=O) groups is 2. The third-order valence-electron chi connectivity index (χ3n) is 2.79. The van der Waals surface area contributed by atoms with Gasteiger partial charge in [0.1, 0.15) is 6.04 Å². The molecule has 0 aliphatic carbocycles. The first-order valence-corrected chi connectivity index (χ1v) is 7.09. The first-order valence-electron chi connectivity index (χ1n) is 6.30. The lowest BCUT2D eigenvalue weighted by atomic mass is 10.1. The van der Waals surface area contributed by atoms with Gasteiger partial charge in [-0.15, -0.1) is 0 Å². The van der Waals surface area contributed by atoms with Crippen LogP contribution in [0.25, 0.3) is 0 Å². The van der Waals surface area contributed by atoms with Crippen molar-refractivity contribution < 1.29 is 14.7 Å². The predicted molar refractivity (Wildman–Crippen MR) is 76.9 cm³/mol. The number of unbranched alkanes of at least 4 members (excludes halogenated alkanes) is 1. The number of carboxylic acids is 1. The van der Waals surface area contributed by atoms with E-state index in [2.05, 4.69) is 21.2 Å². The van der Waals surface area contributed by atoms with E-state index in [1.165, 1.54) is 0 Å². The van der Waals surface area contributed by atoms with Gasteiger partial charge in [0.2, 0.25) is 5.91 Å². The topological polar surface area (TPSA) is 66.4 Å². The molecule has 0 saturated carbocycles. The van der Waals surface area contributed by atoms with E-state index in [-0.39, 0.29) is 12.3 Å². The number of carbonyl (C=O) groups excluding carboxylic acids is 1. The minimum absolute atomic E-state index is 0.178. The van der Waals surface area contributed by atoms with Crippen molar-refractivity contribution in [2.75, 3.05) is 0 Å². The van der Waals surface area contributed by atoms with Crippen LogP contribution >= 0.6 is 15.9 Å². The van der Waals surface area contributed by atoms with Crippen molar-refractivity contribution in [2.24, 2.45) is 0 Å². The number of halogens is 1. The molecule has 1 aromatic carbocycles. The van der Waals surface area contributed by atoms with Crippen LogP contribution in [0, 0.1) is 0 Å². The van der Waals surface area contributed by atoms with Gasteiger partial charge >= 0.3 is 5.97 Å². The van der Waals surface area contributed by atoms with Crippen LogP contribution in [0.3, 0.4) is 0 Å². The molecule has 19 heavy (non-hydrogen) atoms. The SMILES string of the molecule is CCCC[C@H](NC(=O)Cc1ccccc1Br)C(=O)O. The van der Waals surface area contributed by atoms with Gasteiger partial charge in [0.05, 0.1) is 6.42 Å². The molecule has 5 heteroatoms. The highest BCUT2D eigenvalue weighted by Crippen LogP contribution is 2.16. The molecule has 0 bridgehead atoms. The first kappa shape index (κ1) is 15.7. The number of carboxylic acid groups (broad SMARTS) is 1. The van der Waals surface area contributed by atoms with Gasteiger partial charge in [-0.3, -0.25) is 4.79 Å². The summed E-state index contributed by atoms with van der Waals surface area (Å²) in [4.78, 5) is 22.9. The number of benzene rings is 1. The Kier molecular flexibility index (Phi) is 6.56. The monoisotopic (exact) mass is 327 g/mol. The van der Waals surface area contributed by atoms with Crippen LogP contribution in [0.1, 0.15) is 31.7 Å². The minimum Gasteiger partial charge on any atom is -0.480 e. The molecular formula is C14H18BrNO3. The van der Waals surface area contributed by atoms with Gasteiger partial charge in [0.15, 0.2) is 0 Å². The number of rotatable bonds is 7. The molecule has 0 aromatic heterocycles. The second-order valence-electron chi connectivity index (χ2n) is 4.37. The zero-order chi connectivity index (χ0) is 14.3. The molecule has 2 N–H and O–H groups in total. The summed E-state index contributed by atoms with van der Waals surface area (Å²) in [5.74, 6) is -1.25. The van der Waals surface area contributed by atoms with Crippen molar-refractivity contribution in [2.45, 2.75) is 38.6 Å². The number of aliphatic carboxylic acids is 1. The highest BCUT2D eigenvalue weighted by Gasteiger charge is 2.19. The maximum absolute atomic E-state index is 11.8. The molecule has 0 heterocycles. The molecule has 1 atom stereocenters. The van der Waals surface area contributed by atoms with E-state index < -0.39 is 12.0 Å². The van der Waals surface area contributed by atoms with Crippen molar-refractivity contribution in [3.8, 4) is 0 Å². The van der Waals surface area contributed by atoms with E-state index in [1.807, 2.05) is 31.2 Å². The maximum Gasteiger partial charge on any atom is 0.326 e. The van der Waals surface area contributed by atoms with Gasteiger partial charge in [0.25, 0.3) is 0 Å². The first-order chi connectivity index (χ1) is 9.04. The second kappa shape index (κ2) is 7.94. The summed E-state index contributed by atoms with van der Waals surface area (Å²) in [7, 11) is 0. The zero-order valence-corrected chi connectivity index (χ0v) is 12.4. The summed E-state index contributed by atoms with van der Waals surface area (Å²) in [6.07, 6.45) is 2.33. The average Bonchev–Trinajstić information content (AvgIpc) is 2.37. The Bertz CT molecular complexity index is 448. The molecule has 1 aromatic rings. The Labute approximate surface area is 121 Å². The van der Waals surface area contributed by atoms with E-state index >= 15 is 0 Å². The van der Waals surface area contributed by atoms with Crippen LogP contribution in [0.4, 0.5) is 0 Å². The second-order valence-corrected chi connectivity index (χ2v) is 5.22. The van der Waals surface area contributed by atoms with Crippen LogP contribution in [-0.2, 0) is 16.0 Å². The van der Waals surface area contributed by atoms with Crippen LogP contribution < -0.4 is 5.32 Å². The van der Waals surface area contributed by atoms with E-state index in [0.29, 0.717) is 6.42 Å². The van der Waals surface area contributed by atoms with Crippen LogP contribution in [0.5, 0.6) is 0 Å². The van der Waals surface area contributed by atoms with E-state index in [0.717, 1.165) is 22.9 Å². The third-order valence-corrected chi connectivity index (χ3v) is 3.56. The average molecular weight is 328 g/mol. The summed E-state index contributed by atoms with van der Waals surface area (Å²) in [5, 5.41) is 11.6. The molecule has 0 aliphatic heterocycles. The number of amides is 1. The normalized spacial score (nSPS) is 11.9. The Morgan fingerprint density at radius 1 is 1.37 bits per heavy atom. The molecule has 1 rings (SSSR count). The third kappa shape index (κ3) is 5.42. The minimum atomic E-state index is -0.978. The van der Waals surface area contributed by atoms with E-state index in [4.69, 9.17) is 5.11 Å². The Morgan fingerprint density at radius 2 is 2.05 bits per heavy atom. The largest absolute Gasteiger partial charge is 0.480 e. The van der Waals surface area contributed by atoms with Crippen molar-refractivity contribution in [3.05, 3.63) is 34.3 Å². The van der Waals surface area contributed by atoms with Crippen molar-refractivity contribution in [1.29, 1.82) is 0 Å².